The fourth-order valence-corrected chi connectivity index (χ4v) is 3.57. The van der Waals surface area contributed by atoms with Crippen LogP contribution in [0.4, 0.5) is 18.0 Å². The van der Waals surface area contributed by atoms with Crippen LogP contribution in [0.15, 0.2) is 52.4 Å². The lowest BCUT2D eigenvalue weighted by Gasteiger charge is -2.29. The van der Waals surface area contributed by atoms with Gasteiger partial charge < -0.3 is 9.84 Å². The van der Waals surface area contributed by atoms with Gasteiger partial charge in [0.05, 0.1) is 4.88 Å². The molecule has 3 aromatic rings. The van der Waals surface area contributed by atoms with Gasteiger partial charge in [-0.1, -0.05) is 41.6 Å². The van der Waals surface area contributed by atoms with E-state index < -0.39 is 30.2 Å². The highest BCUT2D eigenvalue weighted by molar-refractivity contribution is 7.13. The Morgan fingerprint density at radius 1 is 1.14 bits per heavy atom. The van der Waals surface area contributed by atoms with E-state index in [0.717, 1.165) is 12.1 Å². The van der Waals surface area contributed by atoms with Crippen molar-refractivity contribution < 1.29 is 27.3 Å². The Morgan fingerprint density at radius 3 is 2.54 bits per heavy atom. The van der Waals surface area contributed by atoms with Gasteiger partial charge in [-0.2, -0.15) is 18.2 Å². The average Bonchev–Trinajstić information content (AvgIpc) is 3.38. The molecule has 1 aliphatic rings. The summed E-state index contributed by atoms with van der Waals surface area (Å²) in [5.41, 5.74) is -3.55. The third-order valence-electron chi connectivity index (χ3n) is 4.24. The number of urea groups is 1. The number of hydrogen-bond donors (Lipinski definition) is 1. The van der Waals surface area contributed by atoms with Crippen LogP contribution in [-0.2, 0) is 16.9 Å². The second-order valence-electron chi connectivity index (χ2n) is 5.92. The van der Waals surface area contributed by atoms with Crippen LogP contribution < -0.4 is 5.32 Å². The summed E-state index contributed by atoms with van der Waals surface area (Å²) in [6, 6.07) is 8.81. The number of carbonyl (C=O) groups is 2. The number of thiophene rings is 1. The molecule has 7 nitrogen and oxygen atoms in total. The monoisotopic (exact) mass is 408 g/mol. The zero-order valence-electron chi connectivity index (χ0n) is 13.9. The van der Waals surface area contributed by atoms with Crippen LogP contribution in [-0.4, -0.2) is 33.2 Å². The Bertz CT molecular complexity index is 1020. The van der Waals surface area contributed by atoms with Crippen molar-refractivity contribution in [1.29, 1.82) is 0 Å². The molecule has 1 N–H and O–H groups in total. The Morgan fingerprint density at radius 2 is 1.89 bits per heavy atom. The Hall–Kier alpha value is -3.21. The molecule has 11 heteroatoms. The number of halogens is 3. The largest absolute Gasteiger partial charge is 0.425 e. The predicted octanol–water partition coefficient (Wildman–Crippen LogP) is 3.31. The van der Waals surface area contributed by atoms with Crippen LogP contribution in [0.3, 0.4) is 0 Å². The summed E-state index contributed by atoms with van der Waals surface area (Å²) in [7, 11) is 0. The fourth-order valence-electron chi connectivity index (χ4n) is 2.92. The molecule has 0 bridgehead atoms. The minimum atomic E-state index is -5.05. The van der Waals surface area contributed by atoms with Crippen molar-refractivity contribution in [2.24, 2.45) is 0 Å². The summed E-state index contributed by atoms with van der Waals surface area (Å²) < 4.78 is 46.7. The minimum Gasteiger partial charge on any atom is -0.337 e. The second kappa shape index (κ2) is 6.44. The molecule has 1 unspecified atom stereocenters. The summed E-state index contributed by atoms with van der Waals surface area (Å²) in [5.74, 6) is -1.38. The fraction of sp³-hybridized carbons (Fsp3) is 0.176. The summed E-state index contributed by atoms with van der Waals surface area (Å²) in [6.07, 6.45) is -5.05. The van der Waals surface area contributed by atoms with Gasteiger partial charge >= 0.3 is 12.2 Å². The number of alkyl halides is 3. The smallest absolute Gasteiger partial charge is 0.337 e. The first-order valence-corrected chi connectivity index (χ1v) is 8.84. The number of hydrogen-bond acceptors (Lipinski definition) is 6. The molecule has 28 heavy (non-hydrogen) atoms. The first-order chi connectivity index (χ1) is 13.3. The summed E-state index contributed by atoms with van der Waals surface area (Å²) in [5, 5.41) is 7.32. The van der Waals surface area contributed by atoms with E-state index in [9.17, 15) is 22.8 Å². The first-order valence-electron chi connectivity index (χ1n) is 7.96. The standard InChI is InChI=1S/C17H11F3N4O3S/c18-17(19,20)16(10-5-2-1-3-6-10)14(25)24(15(26)22-16)9-12-21-13(23-27-12)11-7-4-8-28-11/h1-8H,9H2,(H,22,26). The van der Waals surface area contributed by atoms with Gasteiger partial charge in [0.15, 0.2) is 0 Å². The third kappa shape index (κ3) is 2.74. The van der Waals surface area contributed by atoms with E-state index in [4.69, 9.17) is 4.52 Å². The molecule has 3 heterocycles. The van der Waals surface area contributed by atoms with Crippen molar-refractivity contribution in [3.05, 3.63) is 59.3 Å². The van der Waals surface area contributed by atoms with Gasteiger partial charge in [-0.05, 0) is 17.0 Å². The van der Waals surface area contributed by atoms with Crippen molar-refractivity contribution >= 4 is 23.3 Å². The normalized spacial score (nSPS) is 19.9. The van der Waals surface area contributed by atoms with E-state index in [0.29, 0.717) is 9.78 Å². The molecule has 1 aromatic carbocycles. The Labute approximate surface area is 159 Å². The van der Waals surface area contributed by atoms with E-state index in [-0.39, 0.29) is 17.3 Å². The van der Waals surface area contributed by atoms with Crippen LogP contribution in [0.5, 0.6) is 0 Å². The average molecular weight is 408 g/mol. The van der Waals surface area contributed by atoms with Gasteiger partial charge in [0, 0.05) is 0 Å². The van der Waals surface area contributed by atoms with Crippen LogP contribution in [0.2, 0.25) is 0 Å². The van der Waals surface area contributed by atoms with Crippen molar-refractivity contribution in [1.82, 2.24) is 20.4 Å². The molecular weight excluding hydrogens is 397 g/mol. The number of amides is 3. The molecule has 3 amide bonds. The highest BCUT2D eigenvalue weighted by Crippen LogP contribution is 2.43. The van der Waals surface area contributed by atoms with Crippen molar-refractivity contribution in [2.45, 2.75) is 18.3 Å². The topological polar surface area (TPSA) is 88.3 Å². The molecule has 144 valence electrons. The van der Waals surface area contributed by atoms with E-state index in [1.165, 1.54) is 29.5 Å². The molecular formula is C17H11F3N4O3S. The summed E-state index contributed by atoms with van der Waals surface area (Å²) >= 11 is 1.34. The van der Waals surface area contributed by atoms with Crippen LogP contribution in [0.1, 0.15) is 11.5 Å². The summed E-state index contributed by atoms with van der Waals surface area (Å²) in [4.78, 5) is 30.2. The molecule has 2 aromatic heterocycles. The molecule has 0 spiro atoms. The minimum absolute atomic E-state index is 0.155. The van der Waals surface area contributed by atoms with E-state index in [1.807, 2.05) is 0 Å². The Kier molecular flexibility index (Phi) is 4.18. The number of carbonyl (C=O) groups excluding carboxylic acids is 2. The second-order valence-corrected chi connectivity index (χ2v) is 6.87. The molecule has 1 fully saturated rings. The molecule has 0 radical (unpaired) electrons. The molecule has 1 aliphatic heterocycles. The zero-order valence-corrected chi connectivity index (χ0v) is 14.8. The molecule has 0 saturated carbocycles. The van der Waals surface area contributed by atoms with Crippen molar-refractivity contribution in [2.75, 3.05) is 0 Å². The van der Waals surface area contributed by atoms with Crippen LogP contribution in [0, 0.1) is 0 Å². The Balaban J connectivity index is 1.67. The highest BCUT2D eigenvalue weighted by atomic mass is 32.1. The van der Waals surface area contributed by atoms with Gasteiger partial charge in [0.2, 0.25) is 17.3 Å². The maximum absolute atomic E-state index is 13.9. The number of nitrogens with zero attached hydrogens (tertiary/aromatic N) is 3. The maximum atomic E-state index is 13.9. The number of benzene rings is 1. The third-order valence-corrected chi connectivity index (χ3v) is 5.11. The lowest BCUT2D eigenvalue weighted by Crippen LogP contribution is -2.55. The van der Waals surface area contributed by atoms with Gasteiger partial charge in [0.1, 0.15) is 6.54 Å². The number of rotatable bonds is 4. The van der Waals surface area contributed by atoms with Crippen molar-refractivity contribution in [3.8, 4) is 10.7 Å². The lowest BCUT2D eigenvalue weighted by molar-refractivity contribution is -0.198. The molecule has 1 atom stereocenters. The first kappa shape index (κ1) is 18.2. The van der Waals surface area contributed by atoms with Crippen LogP contribution in [0.25, 0.3) is 10.7 Å². The predicted molar refractivity (Wildman–Crippen MR) is 90.9 cm³/mol. The van der Waals surface area contributed by atoms with Gasteiger partial charge in [0.25, 0.3) is 5.91 Å². The SMILES string of the molecule is O=C1NC(c2ccccc2)(C(F)(F)F)C(=O)N1Cc1nc(-c2cccs2)no1. The molecule has 4 rings (SSSR count). The number of aromatic nitrogens is 2. The van der Waals surface area contributed by atoms with E-state index in [1.54, 1.807) is 22.8 Å². The van der Waals surface area contributed by atoms with E-state index in [2.05, 4.69) is 10.1 Å². The summed E-state index contributed by atoms with van der Waals surface area (Å²) in [6.45, 7) is -0.576. The highest BCUT2D eigenvalue weighted by Gasteiger charge is 2.68. The number of imide groups is 1. The quantitative estimate of drug-likeness (QED) is 0.670. The molecule has 0 aliphatic carbocycles. The van der Waals surface area contributed by atoms with E-state index >= 15 is 0 Å². The lowest BCUT2D eigenvalue weighted by atomic mass is 9.89. The number of nitrogens with one attached hydrogen (secondary N) is 1. The van der Waals surface area contributed by atoms with Gasteiger partial charge in [-0.25, -0.2) is 4.79 Å². The van der Waals surface area contributed by atoms with Crippen LogP contribution >= 0.6 is 11.3 Å². The molecule has 1 saturated heterocycles. The maximum Gasteiger partial charge on any atom is 0.425 e. The van der Waals surface area contributed by atoms with Crippen molar-refractivity contribution in [3.63, 3.8) is 0 Å². The van der Waals surface area contributed by atoms with Gasteiger partial charge in [-0.3, -0.25) is 9.69 Å². The van der Waals surface area contributed by atoms with Gasteiger partial charge in [-0.15, -0.1) is 11.3 Å². The zero-order chi connectivity index (χ0) is 19.9.